The van der Waals surface area contributed by atoms with Crippen molar-refractivity contribution in [1.82, 2.24) is 5.32 Å². The Balaban J connectivity index is 2.13. The first-order valence-electron chi connectivity index (χ1n) is 8.63. The molecule has 2 rings (SSSR count). The van der Waals surface area contributed by atoms with Crippen molar-refractivity contribution in [2.24, 2.45) is 0 Å². The third-order valence-corrected chi connectivity index (χ3v) is 3.95. The second-order valence-corrected chi connectivity index (χ2v) is 5.76. The lowest BCUT2D eigenvalue weighted by molar-refractivity contribution is -0.117. The summed E-state index contributed by atoms with van der Waals surface area (Å²) >= 11 is 0. The van der Waals surface area contributed by atoms with Crippen LogP contribution in [0.25, 0.3) is 6.08 Å². The van der Waals surface area contributed by atoms with Crippen molar-refractivity contribution in [2.45, 2.75) is 26.4 Å². The molecule has 6 heteroatoms. The highest BCUT2D eigenvalue weighted by molar-refractivity contribution is 5.98. The highest BCUT2D eigenvalue weighted by Crippen LogP contribution is 2.38. The van der Waals surface area contributed by atoms with E-state index < -0.39 is 5.91 Å². The van der Waals surface area contributed by atoms with Gasteiger partial charge < -0.3 is 19.5 Å². The number of nitrogens with zero attached hydrogens (tertiary/aromatic N) is 1. The number of carbonyl (C=O) groups is 1. The van der Waals surface area contributed by atoms with Gasteiger partial charge in [0.05, 0.1) is 7.11 Å². The van der Waals surface area contributed by atoms with Crippen LogP contribution in [0, 0.1) is 11.3 Å². The summed E-state index contributed by atoms with van der Waals surface area (Å²) in [5.41, 5.74) is 1.66. The predicted octanol–water partition coefficient (Wildman–Crippen LogP) is 2.85. The minimum absolute atomic E-state index is 0.0504. The Labute approximate surface area is 154 Å². The number of carbonyl (C=O) groups excluding carboxylic acids is 1. The second-order valence-electron chi connectivity index (χ2n) is 5.76. The lowest BCUT2D eigenvalue weighted by Crippen LogP contribution is -2.27. The molecule has 0 spiro atoms. The van der Waals surface area contributed by atoms with E-state index in [1.807, 2.05) is 44.2 Å². The molecule has 0 saturated carbocycles. The van der Waals surface area contributed by atoms with Gasteiger partial charge in [0.2, 0.25) is 0 Å². The Hall–Kier alpha value is -2.78. The van der Waals surface area contributed by atoms with Gasteiger partial charge in [-0.05, 0) is 44.1 Å². The third-order valence-electron chi connectivity index (χ3n) is 3.95. The molecule has 0 aromatic heterocycles. The molecular weight excluding hydrogens is 332 g/mol. The van der Waals surface area contributed by atoms with Crippen molar-refractivity contribution >= 4 is 12.0 Å². The predicted molar refractivity (Wildman–Crippen MR) is 98.9 cm³/mol. The Kier molecular flexibility index (Phi) is 7.24. The molecule has 1 unspecified atom stereocenters. The number of methoxy groups -OCH3 is 1. The van der Waals surface area contributed by atoms with E-state index in [0.717, 1.165) is 11.1 Å². The zero-order chi connectivity index (χ0) is 18.9. The number of amides is 1. The molecule has 1 aliphatic rings. The zero-order valence-electron chi connectivity index (χ0n) is 15.4. The number of benzene rings is 1. The fourth-order valence-electron chi connectivity index (χ4n) is 2.57. The van der Waals surface area contributed by atoms with Gasteiger partial charge in [0.1, 0.15) is 17.7 Å². The number of ether oxygens (including phenoxy) is 3. The maximum atomic E-state index is 12.2. The third kappa shape index (κ3) is 4.87. The van der Waals surface area contributed by atoms with Crippen LogP contribution < -0.4 is 14.8 Å². The van der Waals surface area contributed by atoms with Crippen LogP contribution >= 0.6 is 0 Å². The topological polar surface area (TPSA) is 80.6 Å². The monoisotopic (exact) mass is 356 g/mol. The lowest BCUT2D eigenvalue weighted by Gasteiger charge is -2.24. The van der Waals surface area contributed by atoms with Crippen LogP contribution in [0.4, 0.5) is 0 Å². The quantitative estimate of drug-likeness (QED) is 0.440. The van der Waals surface area contributed by atoms with Gasteiger partial charge in [-0.3, -0.25) is 4.79 Å². The van der Waals surface area contributed by atoms with E-state index in [9.17, 15) is 10.1 Å². The lowest BCUT2D eigenvalue weighted by atomic mass is 10.00. The van der Waals surface area contributed by atoms with E-state index in [2.05, 4.69) is 5.32 Å². The smallest absolute Gasteiger partial charge is 0.261 e. The second kappa shape index (κ2) is 9.64. The van der Waals surface area contributed by atoms with E-state index in [0.29, 0.717) is 37.7 Å². The standard InChI is InChI=1S/C20H24N2O4/c1-4-25-10-6-9-22-20(23)17(13-21)12-16-11-15-7-5-8-18(24-3)19(15)26-14(16)2/h5,7-8,11-12,14H,4,6,9-10H2,1-3H3,(H,22,23)/b17-12-. The number of nitriles is 1. The van der Waals surface area contributed by atoms with Gasteiger partial charge in [0.15, 0.2) is 11.5 Å². The van der Waals surface area contributed by atoms with Gasteiger partial charge in [-0.2, -0.15) is 5.26 Å². The normalized spacial score (nSPS) is 16.0. The van der Waals surface area contributed by atoms with Crippen LogP contribution in [0.1, 0.15) is 25.8 Å². The minimum atomic E-state index is -0.395. The fraction of sp³-hybridized carbons (Fsp3) is 0.400. The van der Waals surface area contributed by atoms with Gasteiger partial charge in [-0.1, -0.05) is 12.1 Å². The molecule has 26 heavy (non-hydrogen) atoms. The number of nitrogens with one attached hydrogen (secondary N) is 1. The number of hydrogen-bond acceptors (Lipinski definition) is 5. The highest BCUT2D eigenvalue weighted by Gasteiger charge is 2.22. The average Bonchev–Trinajstić information content (AvgIpc) is 2.65. The molecule has 1 heterocycles. The van der Waals surface area contributed by atoms with Crippen molar-refractivity contribution < 1.29 is 19.0 Å². The summed E-state index contributed by atoms with van der Waals surface area (Å²) in [5.74, 6) is 0.924. The summed E-state index contributed by atoms with van der Waals surface area (Å²) in [7, 11) is 1.59. The number of fused-ring (bicyclic) bond motifs is 1. The van der Waals surface area contributed by atoms with Crippen LogP contribution in [0.3, 0.4) is 0 Å². The minimum Gasteiger partial charge on any atom is -0.493 e. The van der Waals surface area contributed by atoms with Gasteiger partial charge in [-0.25, -0.2) is 0 Å². The largest absolute Gasteiger partial charge is 0.493 e. The van der Waals surface area contributed by atoms with Crippen molar-refractivity contribution in [3.8, 4) is 17.6 Å². The summed E-state index contributed by atoms with van der Waals surface area (Å²) in [6, 6.07) is 7.56. The van der Waals surface area contributed by atoms with Gasteiger partial charge in [-0.15, -0.1) is 0 Å². The number of para-hydroxylation sites is 1. The van der Waals surface area contributed by atoms with Crippen LogP contribution in [-0.4, -0.2) is 38.9 Å². The summed E-state index contributed by atoms with van der Waals surface area (Å²) in [6.45, 7) is 5.48. The van der Waals surface area contributed by atoms with Crippen molar-refractivity contribution in [2.75, 3.05) is 26.9 Å². The van der Waals surface area contributed by atoms with Crippen molar-refractivity contribution in [1.29, 1.82) is 5.26 Å². The highest BCUT2D eigenvalue weighted by atomic mass is 16.5. The summed E-state index contributed by atoms with van der Waals surface area (Å²) in [5, 5.41) is 12.1. The molecular formula is C20H24N2O4. The Morgan fingerprint density at radius 3 is 2.96 bits per heavy atom. The molecule has 0 radical (unpaired) electrons. The molecule has 6 nitrogen and oxygen atoms in total. The first-order chi connectivity index (χ1) is 12.6. The molecule has 138 valence electrons. The Bertz CT molecular complexity index is 747. The van der Waals surface area contributed by atoms with E-state index >= 15 is 0 Å². The first-order valence-corrected chi connectivity index (χ1v) is 8.63. The first kappa shape index (κ1) is 19.5. The Morgan fingerprint density at radius 1 is 1.46 bits per heavy atom. The van der Waals surface area contributed by atoms with E-state index in [1.54, 1.807) is 13.2 Å². The SMILES string of the molecule is CCOCCCNC(=O)/C(C#N)=C\C1=Cc2cccc(OC)c2OC1C. The molecule has 1 aliphatic heterocycles. The van der Waals surface area contributed by atoms with Crippen LogP contribution in [-0.2, 0) is 9.53 Å². The molecule has 0 saturated heterocycles. The average molecular weight is 356 g/mol. The maximum Gasteiger partial charge on any atom is 0.261 e. The van der Waals surface area contributed by atoms with E-state index in [-0.39, 0.29) is 11.7 Å². The van der Waals surface area contributed by atoms with Crippen LogP contribution in [0.2, 0.25) is 0 Å². The van der Waals surface area contributed by atoms with Gasteiger partial charge in [0.25, 0.3) is 5.91 Å². The molecule has 1 atom stereocenters. The summed E-state index contributed by atoms with van der Waals surface area (Å²) < 4.78 is 16.5. The van der Waals surface area contributed by atoms with Gasteiger partial charge in [0, 0.05) is 25.3 Å². The summed E-state index contributed by atoms with van der Waals surface area (Å²) in [4.78, 5) is 12.2. The van der Waals surface area contributed by atoms with Crippen molar-refractivity contribution in [3.63, 3.8) is 0 Å². The molecule has 0 fully saturated rings. The zero-order valence-corrected chi connectivity index (χ0v) is 15.4. The molecule has 1 amide bonds. The maximum absolute atomic E-state index is 12.2. The van der Waals surface area contributed by atoms with Gasteiger partial charge >= 0.3 is 0 Å². The van der Waals surface area contributed by atoms with Crippen molar-refractivity contribution in [3.05, 3.63) is 41.0 Å². The molecule has 1 N–H and O–H groups in total. The van der Waals surface area contributed by atoms with Crippen LogP contribution in [0.5, 0.6) is 11.5 Å². The van der Waals surface area contributed by atoms with Crippen LogP contribution in [0.15, 0.2) is 35.4 Å². The number of rotatable bonds is 8. The molecule has 0 aliphatic carbocycles. The molecule has 1 aromatic carbocycles. The van der Waals surface area contributed by atoms with E-state index in [1.165, 1.54) is 0 Å². The molecule has 0 bridgehead atoms. The Morgan fingerprint density at radius 2 is 2.27 bits per heavy atom. The molecule has 1 aromatic rings. The number of hydrogen-bond donors (Lipinski definition) is 1. The fourth-order valence-corrected chi connectivity index (χ4v) is 2.57. The van der Waals surface area contributed by atoms with E-state index in [4.69, 9.17) is 14.2 Å². The summed E-state index contributed by atoms with van der Waals surface area (Å²) in [6.07, 6.45) is 3.89.